The monoisotopic (exact) mass is 174 g/mol. The van der Waals surface area contributed by atoms with Crippen LogP contribution in [0.2, 0.25) is 0 Å². The highest BCUT2D eigenvalue weighted by molar-refractivity contribution is 5.89. The third-order valence-electron chi connectivity index (χ3n) is 3.17. The third-order valence-corrected chi connectivity index (χ3v) is 3.17. The van der Waals surface area contributed by atoms with E-state index >= 15 is 0 Å². The lowest BCUT2D eigenvalue weighted by atomic mass is 9.95. The molecule has 1 heterocycles. The second-order valence-corrected chi connectivity index (χ2v) is 3.84. The SMILES string of the molecule is O=C1OCC2C[C@@]12c1ccccc1. The number of hydrogen-bond acceptors (Lipinski definition) is 2. The maximum atomic E-state index is 11.5. The molecule has 1 aliphatic heterocycles. The highest BCUT2D eigenvalue weighted by Gasteiger charge is 2.66. The largest absolute Gasteiger partial charge is 0.465 e. The van der Waals surface area contributed by atoms with E-state index < -0.39 is 0 Å². The lowest BCUT2D eigenvalue weighted by Crippen LogP contribution is -2.18. The minimum absolute atomic E-state index is 0.0244. The molecule has 0 aromatic heterocycles. The summed E-state index contributed by atoms with van der Waals surface area (Å²) in [6.45, 7) is 0.619. The molecule has 0 bridgehead atoms. The minimum atomic E-state index is -0.249. The number of esters is 1. The highest BCUT2D eigenvalue weighted by atomic mass is 16.5. The fourth-order valence-corrected chi connectivity index (χ4v) is 2.29. The molecule has 2 atom stereocenters. The van der Waals surface area contributed by atoms with Gasteiger partial charge in [-0.2, -0.15) is 0 Å². The van der Waals surface area contributed by atoms with Crippen molar-refractivity contribution in [2.45, 2.75) is 11.8 Å². The number of carbonyl (C=O) groups excluding carboxylic acids is 1. The van der Waals surface area contributed by atoms with Crippen LogP contribution in [-0.2, 0) is 14.9 Å². The fourth-order valence-electron chi connectivity index (χ4n) is 2.29. The van der Waals surface area contributed by atoms with Crippen LogP contribution in [-0.4, -0.2) is 12.6 Å². The zero-order chi connectivity index (χ0) is 8.89. The average molecular weight is 174 g/mol. The van der Waals surface area contributed by atoms with Gasteiger partial charge in [0.15, 0.2) is 0 Å². The van der Waals surface area contributed by atoms with Crippen LogP contribution in [0.3, 0.4) is 0 Å². The first kappa shape index (κ1) is 7.13. The van der Waals surface area contributed by atoms with Gasteiger partial charge >= 0.3 is 5.97 Å². The van der Waals surface area contributed by atoms with Crippen LogP contribution >= 0.6 is 0 Å². The average Bonchev–Trinajstić information content (AvgIpc) is 2.84. The molecule has 0 radical (unpaired) electrons. The van der Waals surface area contributed by atoms with Crippen molar-refractivity contribution in [2.24, 2.45) is 5.92 Å². The highest BCUT2D eigenvalue weighted by Crippen LogP contribution is 2.58. The lowest BCUT2D eigenvalue weighted by molar-refractivity contribution is -0.142. The van der Waals surface area contributed by atoms with Crippen LogP contribution < -0.4 is 0 Å². The molecule has 0 N–H and O–H groups in total. The molecule has 3 rings (SSSR count). The quantitative estimate of drug-likeness (QED) is 0.603. The van der Waals surface area contributed by atoms with Gasteiger partial charge in [0.05, 0.1) is 12.0 Å². The van der Waals surface area contributed by atoms with Gasteiger partial charge in [-0.15, -0.1) is 0 Å². The van der Waals surface area contributed by atoms with Gasteiger partial charge in [-0.1, -0.05) is 30.3 Å². The van der Waals surface area contributed by atoms with Gasteiger partial charge in [-0.25, -0.2) is 0 Å². The Bertz CT molecular complexity index is 358. The van der Waals surface area contributed by atoms with E-state index in [2.05, 4.69) is 0 Å². The maximum Gasteiger partial charge on any atom is 0.317 e. The summed E-state index contributed by atoms with van der Waals surface area (Å²) in [4.78, 5) is 11.5. The van der Waals surface area contributed by atoms with Crippen LogP contribution in [0.4, 0.5) is 0 Å². The van der Waals surface area contributed by atoms with E-state index in [9.17, 15) is 4.79 Å². The van der Waals surface area contributed by atoms with Crippen molar-refractivity contribution in [3.05, 3.63) is 35.9 Å². The molecule has 2 nitrogen and oxygen atoms in total. The van der Waals surface area contributed by atoms with E-state index in [1.165, 1.54) is 0 Å². The molecule has 1 aliphatic carbocycles. The number of hydrogen-bond donors (Lipinski definition) is 0. The molecule has 13 heavy (non-hydrogen) atoms. The Hall–Kier alpha value is -1.31. The van der Waals surface area contributed by atoms with Gasteiger partial charge in [-0.05, 0) is 12.0 Å². The van der Waals surface area contributed by atoms with Crippen LogP contribution in [0.15, 0.2) is 30.3 Å². The summed E-state index contributed by atoms with van der Waals surface area (Å²) in [5.41, 5.74) is 0.879. The molecule has 1 aromatic rings. The van der Waals surface area contributed by atoms with Gasteiger partial charge < -0.3 is 4.74 Å². The zero-order valence-corrected chi connectivity index (χ0v) is 7.19. The van der Waals surface area contributed by atoms with E-state index in [1.54, 1.807) is 0 Å². The normalized spacial score (nSPS) is 35.4. The summed E-state index contributed by atoms with van der Waals surface area (Å²) >= 11 is 0. The second-order valence-electron chi connectivity index (χ2n) is 3.84. The first-order valence-corrected chi connectivity index (χ1v) is 4.57. The first-order valence-electron chi connectivity index (χ1n) is 4.57. The zero-order valence-electron chi connectivity index (χ0n) is 7.19. The molecule has 1 saturated heterocycles. The number of fused-ring (bicyclic) bond motifs is 1. The van der Waals surface area contributed by atoms with Gasteiger partial charge in [0, 0.05) is 5.92 Å². The number of benzene rings is 1. The summed E-state index contributed by atoms with van der Waals surface area (Å²) in [5, 5.41) is 0. The Morgan fingerprint density at radius 2 is 2.08 bits per heavy atom. The molecule has 0 spiro atoms. The Morgan fingerprint density at radius 3 is 2.62 bits per heavy atom. The minimum Gasteiger partial charge on any atom is -0.465 e. The van der Waals surface area contributed by atoms with Gasteiger partial charge in [0.2, 0.25) is 0 Å². The van der Waals surface area contributed by atoms with E-state index in [0.717, 1.165) is 12.0 Å². The second kappa shape index (κ2) is 2.13. The topological polar surface area (TPSA) is 26.3 Å². The Labute approximate surface area is 76.5 Å². The molecule has 2 heteroatoms. The maximum absolute atomic E-state index is 11.5. The molecule has 1 unspecified atom stereocenters. The molecule has 2 aliphatic rings. The molecular weight excluding hydrogens is 164 g/mol. The summed E-state index contributed by atoms with van der Waals surface area (Å²) in [6.07, 6.45) is 0.982. The van der Waals surface area contributed by atoms with Crippen molar-refractivity contribution in [1.82, 2.24) is 0 Å². The number of cyclic esters (lactones) is 1. The molecule has 1 aromatic carbocycles. The number of rotatable bonds is 1. The summed E-state index contributed by atoms with van der Waals surface area (Å²) in [7, 11) is 0. The molecular formula is C11H10O2. The van der Waals surface area contributed by atoms with Crippen molar-refractivity contribution in [2.75, 3.05) is 6.61 Å². The van der Waals surface area contributed by atoms with Crippen LogP contribution in [0.5, 0.6) is 0 Å². The number of carbonyl (C=O) groups is 1. The van der Waals surface area contributed by atoms with E-state index in [-0.39, 0.29) is 11.4 Å². The summed E-state index contributed by atoms with van der Waals surface area (Å²) < 4.78 is 5.03. The van der Waals surface area contributed by atoms with Gasteiger partial charge in [0.25, 0.3) is 0 Å². The van der Waals surface area contributed by atoms with Crippen LogP contribution in [0, 0.1) is 5.92 Å². The van der Waals surface area contributed by atoms with Gasteiger partial charge in [0.1, 0.15) is 0 Å². The number of ether oxygens (including phenoxy) is 1. The van der Waals surface area contributed by atoms with Crippen molar-refractivity contribution < 1.29 is 9.53 Å². The van der Waals surface area contributed by atoms with E-state index in [4.69, 9.17) is 4.74 Å². The van der Waals surface area contributed by atoms with E-state index in [1.807, 2.05) is 30.3 Å². The standard InChI is InChI=1S/C11H10O2/c12-10-11(6-9(11)7-13-10)8-4-2-1-3-5-8/h1-5,9H,6-7H2/t9?,11-/m0/s1. The molecule has 66 valence electrons. The van der Waals surface area contributed by atoms with Crippen LogP contribution in [0.25, 0.3) is 0 Å². The Morgan fingerprint density at radius 1 is 1.31 bits per heavy atom. The third kappa shape index (κ3) is 0.755. The molecule has 1 saturated carbocycles. The van der Waals surface area contributed by atoms with Gasteiger partial charge in [-0.3, -0.25) is 4.79 Å². The van der Waals surface area contributed by atoms with Crippen molar-refractivity contribution in [1.29, 1.82) is 0 Å². The van der Waals surface area contributed by atoms with Crippen molar-refractivity contribution in [3.8, 4) is 0 Å². The molecule has 2 fully saturated rings. The Kier molecular flexibility index (Phi) is 1.17. The van der Waals surface area contributed by atoms with Crippen LogP contribution in [0.1, 0.15) is 12.0 Å². The first-order chi connectivity index (χ1) is 6.34. The summed E-state index contributed by atoms with van der Waals surface area (Å²) in [5.74, 6) is 0.422. The lowest BCUT2D eigenvalue weighted by Gasteiger charge is -2.08. The predicted octanol–water partition coefficient (Wildman–Crippen LogP) is 1.50. The summed E-state index contributed by atoms with van der Waals surface area (Å²) in [6, 6.07) is 9.97. The van der Waals surface area contributed by atoms with Crippen molar-refractivity contribution >= 4 is 5.97 Å². The van der Waals surface area contributed by atoms with E-state index in [0.29, 0.717) is 12.5 Å². The van der Waals surface area contributed by atoms with Crippen molar-refractivity contribution in [3.63, 3.8) is 0 Å². The Balaban J connectivity index is 2.07. The smallest absolute Gasteiger partial charge is 0.317 e. The predicted molar refractivity (Wildman–Crippen MR) is 47.2 cm³/mol. The molecule has 0 amide bonds. The fraction of sp³-hybridized carbons (Fsp3) is 0.364.